The Kier molecular flexibility index (Phi) is 4.00. The highest BCUT2D eigenvalue weighted by molar-refractivity contribution is 5.77. The topological polar surface area (TPSA) is 44.8 Å². The molecule has 0 spiro atoms. The standard InChI is InChI=1S/C15H21N3O2/c1-16-11-18-14(19)7-8-17-10-13(20-15(17)18)9-12-5-3-2-4-6-12/h2-6,13,15-16H,7-11H2,1H3. The van der Waals surface area contributed by atoms with Gasteiger partial charge in [-0.3, -0.25) is 14.6 Å². The predicted molar refractivity (Wildman–Crippen MR) is 75.8 cm³/mol. The van der Waals surface area contributed by atoms with Crippen molar-refractivity contribution < 1.29 is 9.53 Å². The van der Waals surface area contributed by atoms with Gasteiger partial charge < -0.3 is 10.1 Å². The normalized spacial score (nSPS) is 26.9. The van der Waals surface area contributed by atoms with Crippen molar-refractivity contribution in [3.8, 4) is 0 Å². The lowest BCUT2D eigenvalue weighted by molar-refractivity contribution is -0.168. The number of amides is 1. The van der Waals surface area contributed by atoms with E-state index in [-0.39, 0.29) is 18.4 Å². The number of benzene rings is 1. The van der Waals surface area contributed by atoms with Crippen LogP contribution in [0.5, 0.6) is 0 Å². The highest BCUT2D eigenvalue weighted by Gasteiger charge is 2.41. The van der Waals surface area contributed by atoms with E-state index in [9.17, 15) is 4.79 Å². The van der Waals surface area contributed by atoms with Gasteiger partial charge >= 0.3 is 0 Å². The molecule has 0 aromatic heterocycles. The van der Waals surface area contributed by atoms with Gasteiger partial charge in [0.25, 0.3) is 0 Å². The van der Waals surface area contributed by atoms with Gasteiger partial charge in [0.2, 0.25) is 5.91 Å². The van der Waals surface area contributed by atoms with Crippen LogP contribution in [0.1, 0.15) is 12.0 Å². The van der Waals surface area contributed by atoms with Crippen molar-refractivity contribution in [3.63, 3.8) is 0 Å². The SMILES string of the molecule is CNCN1C(=O)CCN2CC(Cc3ccccc3)OC21. The zero-order valence-electron chi connectivity index (χ0n) is 11.8. The van der Waals surface area contributed by atoms with E-state index >= 15 is 0 Å². The Hall–Kier alpha value is -1.43. The van der Waals surface area contributed by atoms with Gasteiger partial charge in [0, 0.05) is 25.9 Å². The van der Waals surface area contributed by atoms with Gasteiger partial charge in [-0.15, -0.1) is 0 Å². The van der Waals surface area contributed by atoms with Crippen LogP contribution in [0, 0.1) is 0 Å². The molecule has 0 bridgehead atoms. The third-order valence-electron chi connectivity index (χ3n) is 3.90. The zero-order chi connectivity index (χ0) is 13.9. The van der Waals surface area contributed by atoms with Crippen LogP contribution in [0.25, 0.3) is 0 Å². The number of fused-ring (bicyclic) bond motifs is 1. The lowest BCUT2D eigenvalue weighted by Gasteiger charge is -2.37. The fourth-order valence-corrected chi connectivity index (χ4v) is 2.96. The quantitative estimate of drug-likeness (QED) is 0.875. The van der Waals surface area contributed by atoms with E-state index in [0.717, 1.165) is 19.5 Å². The number of hydrogen-bond donors (Lipinski definition) is 1. The van der Waals surface area contributed by atoms with Crippen LogP contribution in [0.15, 0.2) is 30.3 Å². The van der Waals surface area contributed by atoms with Gasteiger partial charge in [0.15, 0.2) is 6.35 Å². The van der Waals surface area contributed by atoms with Gasteiger partial charge in [-0.25, -0.2) is 0 Å². The molecular formula is C15H21N3O2. The largest absolute Gasteiger partial charge is 0.340 e. The number of hydrogen-bond acceptors (Lipinski definition) is 4. The molecule has 0 saturated carbocycles. The van der Waals surface area contributed by atoms with E-state index in [1.807, 2.05) is 13.1 Å². The number of nitrogens with zero attached hydrogens (tertiary/aromatic N) is 2. The van der Waals surface area contributed by atoms with E-state index in [4.69, 9.17) is 4.74 Å². The Labute approximate surface area is 119 Å². The van der Waals surface area contributed by atoms with Crippen LogP contribution in [0.3, 0.4) is 0 Å². The van der Waals surface area contributed by atoms with Gasteiger partial charge in [0.1, 0.15) is 0 Å². The molecular weight excluding hydrogens is 254 g/mol. The summed E-state index contributed by atoms with van der Waals surface area (Å²) in [6.07, 6.45) is 1.44. The van der Waals surface area contributed by atoms with Crippen molar-refractivity contribution in [1.82, 2.24) is 15.1 Å². The Bertz CT molecular complexity index is 465. The van der Waals surface area contributed by atoms with E-state index in [1.165, 1.54) is 5.56 Å². The molecule has 1 aromatic rings. The first kappa shape index (κ1) is 13.5. The van der Waals surface area contributed by atoms with Gasteiger partial charge in [-0.05, 0) is 12.6 Å². The second kappa shape index (κ2) is 5.91. The molecule has 1 N–H and O–H groups in total. The van der Waals surface area contributed by atoms with E-state index in [0.29, 0.717) is 13.1 Å². The Balaban J connectivity index is 1.66. The monoisotopic (exact) mass is 275 g/mol. The van der Waals surface area contributed by atoms with Crippen molar-refractivity contribution in [3.05, 3.63) is 35.9 Å². The third-order valence-corrected chi connectivity index (χ3v) is 3.90. The summed E-state index contributed by atoms with van der Waals surface area (Å²) >= 11 is 0. The Morgan fingerprint density at radius 1 is 1.35 bits per heavy atom. The maximum atomic E-state index is 12.0. The number of ether oxygens (including phenoxy) is 1. The van der Waals surface area contributed by atoms with Gasteiger partial charge in [-0.1, -0.05) is 30.3 Å². The van der Waals surface area contributed by atoms with Crippen molar-refractivity contribution in [2.45, 2.75) is 25.3 Å². The minimum atomic E-state index is -0.197. The molecule has 2 heterocycles. The molecule has 2 aliphatic rings. The first-order valence-corrected chi connectivity index (χ1v) is 7.15. The summed E-state index contributed by atoms with van der Waals surface area (Å²) in [6, 6.07) is 10.4. The van der Waals surface area contributed by atoms with Crippen LogP contribution >= 0.6 is 0 Å². The lowest BCUT2D eigenvalue weighted by atomic mass is 10.1. The van der Waals surface area contributed by atoms with Crippen molar-refractivity contribution >= 4 is 5.91 Å². The summed E-state index contributed by atoms with van der Waals surface area (Å²) in [6.45, 7) is 2.24. The molecule has 2 saturated heterocycles. The maximum absolute atomic E-state index is 12.0. The highest BCUT2D eigenvalue weighted by atomic mass is 16.5. The fraction of sp³-hybridized carbons (Fsp3) is 0.533. The smallest absolute Gasteiger partial charge is 0.227 e. The summed E-state index contributed by atoms with van der Waals surface area (Å²) < 4.78 is 6.10. The molecule has 20 heavy (non-hydrogen) atoms. The highest BCUT2D eigenvalue weighted by Crippen LogP contribution is 2.25. The maximum Gasteiger partial charge on any atom is 0.227 e. The molecule has 1 amide bonds. The summed E-state index contributed by atoms with van der Waals surface area (Å²) in [4.78, 5) is 16.0. The summed E-state index contributed by atoms with van der Waals surface area (Å²) in [5.41, 5.74) is 1.28. The lowest BCUT2D eigenvalue weighted by Crippen LogP contribution is -2.56. The van der Waals surface area contributed by atoms with E-state index in [2.05, 4.69) is 34.5 Å². The minimum absolute atomic E-state index is 0.160. The molecule has 2 aliphatic heterocycles. The minimum Gasteiger partial charge on any atom is -0.340 e. The molecule has 2 unspecified atom stereocenters. The predicted octanol–water partition coefficient (Wildman–Crippen LogP) is 0.623. The number of rotatable bonds is 4. The second-order valence-electron chi connectivity index (χ2n) is 5.39. The van der Waals surface area contributed by atoms with Gasteiger partial charge in [-0.2, -0.15) is 0 Å². The molecule has 3 rings (SSSR count). The molecule has 2 fully saturated rings. The molecule has 5 nitrogen and oxygen atoms in total. The summed E-state index contributed by atoms with van der Waals surface area (Å²) in [7, 11) is 1.85. The number of carbonyl (C=O) groups excluding carboxylic acids is 1. The van der Waals surface area contributed by atoms with E-state index < -0.39 is 0 Å². The van der Waals surface area contributed by atoms with Crippen molar-refractivity contribution in [2.24, 2.45) is 0 Å². The molecule has 0 aliphatic carbocycles. The average Bonchev–Trinajstić information content (AvgIpc) is 2.86. The summed E-state index contributed by atoms with van der Waals surface area (Å²) in [5, 5.41) is 3.04. The first-order chi connectivity index (χ1) is 9.78. The molecule has 108 valence electrons. The van der Waals surface area contributed by atoms with Crippen LogP contribution in [-0.4, -0.2) is 55.0 Å². The molecule has 0 radical (unpaired) electrons. The van der Waals surface area contributed by atoms with E-state index in [1.54, 1.807) is 4.90 Å². The number of carbonyl (C=O) groups is 1. The molecule has 2 atom stereocenters. The average molecular weight is 275 g/mol. The van der Waals surface area contributed by atoms with Crippen LogP contribution in [-0.2, 0) is 16.0 Å². The van der Waals surface area contributed by atoms with Gasteiger partial charge in [0.05, 0.1) is 12.8 Å². The Morgan fingerprint density at radius 3 is 2.90 bits per heavy atom. The molecule has 5 heteroatoms. The Morgan fingerprint density at radius 2 is 2.15 bits per heavy atom. The first-order valence-electron chi connectivity index (χ1n) is 7.15. The van der Waals surface area contributed by atoms with Crippen LogP contribution < -0.4 is 5.32 Å². The van der Waals surface area contributed by atoms with Crippen LogP contribution in [0.2, 0.25) is 0 Å². The van der Waals surface area contributed by atoms with Crippen molar-refractivity contribution in [2.75, 3.05) is 26.8 Å². The second-order valence-corrected chi connectivity index (χ2v) is 5.39. The van der Waals surface area contributed by atoms with Crippen molar-refractivity contribution in [1.29, 1.82) is 0 Å². The third kappa shape index (κ3) is 2.70. The zero-order valence-corrected chi connectivity index (χ0v) is 11.8. The summed E-state index contributed by atoms with van der Waals surface area (Å²) in [5.74, 6) is 0.168. The number of nitrogens with one attached hydrogen (secondary N) is 1. The molecule has 1 aromatic carbocycles. The van der Waals surface area contributed by atoms with Crippen LogP contribution in [0.4, 0.5) is 0 Å². The fourth-order valence-electron chi connectivity index (χ4n) is 2.96.